The van der Waals surface area contributed by atoms with Gasteiger partial charge in [0.05, 0.1) is 13.2 Å². The summed E-state index contributed by atoms with van der Waals surface area (Å²) in [6.07, 6.45) is 27.9. The standard InChI is InChI=1S/C9H18O2.2C7H14/c10-7-9(8-11)5-3-1-2-4-6-9;2*1-2-4-6-7-5-3-1/h10-11H,1-8H2;2*1-7H2. The minimum atomic E-state index is -0.142. The zero-order chi connectivity index (χ0) is 18.1. The Morgan fingerprint density at radius 3 is 0.760 bits per heavy atom. The molecule has 0 heterocycles. The Morgan fingerprint density at radius 2 is 0.560 bits per heavy atom. The van der Waals surface area contributed by atoms with E-state index in [2.05, 4.69) is 0 Å². The van der Waals surface area contributed by atoms with Crippen molar-refractivity contribution in [2.24, 2.45) is 5.41 Å². The van der Waals surface area contributed by atoms with Crippen LogP contribution in [0, 0.1) is 5.41 Å². The maximum atomic E-state index is 9.11. The normalized spacial score (nSPS) is 24.2. The van der Waals surface area contributed by atoms with E-state index in [1.807, 2.05) is 0 Å². The van der Waals surface area contributed by atoms with Gasteiger partial charge in [-0.2, -0.15) is 0 Å². The Labute approximate surface area is 157 Å². The summed E-state index contributed by atoms with van der Waals surface area (Å²) >= 11 is 0. The molecule has 0 aromatic rings. The van der Waals surface area contributed by atoms with Gasteiger partial charge < -0.3 is 10.2 Å². The number of aliphatic hydroxyl groups excluding tert-OH is 2. The average Bonchev–Trinajstić information content (AvgIpc) is 3.20. The fourth-order valence-electron chi connectivity index (χ4n) is 4.32. The molecule has 0 spiro atoms. The van der Waals surface area contributed by atoms with E-state index in [0.29, 0.717) is 0 Å². The van der Waals surface area contributed by atoms with E-state index in [9.17, 15) is 0 Å². The molecule has 150 valence electrons. The van der Waals surface area contributed by atoms with Crippen molar-refractivity contribution in [1.82, 2.24) is 0 Å². The second-order valence-corrected chi connectivity index (χ2v) is 8.68. The smallest absolute Gasteiger partial charge is 0.0509 e. The highest BCUT2D eigenvalue weighted by atomic mass is 16.3. The van der Waals surface area contributed by atoms with Crippen molar-refractivity contribution in [1.29, 1.82) is 0 Å². The second kappa shape index (κ2) is 16.1. The summed E-state index contributed by atoms with van der Waals surface area (Å²) in [7, 11) is 0. The van der Waals surface area contributed by atoms with Crippen LogP contribution >= 0.6 is 0 Å². The molecule has 3 aliphatic carbocycles. The molecule has 0 bridgehead atoms. The molecule has 0 radical (unpaired) electrons. The van der Waals surface area contributed by atoms with Crippen molar-refractivity contribution >= 4 is 0 Å². The SMILES string of the molecule is C1CCCCCC1.C1CCCCCC1.OCC1(CO)CCCCCC1. The van der Waals surface area contributed by atoms with E-state index in [1.54, 1.807) is 0 Å². The number of rotatable bonds is 2. The summed E-state index contributed by atoms with van der Waals surface area (Å²) < 4.78 is 0. The van der Waals surface area contributed by atoms with Crippen LogP contribution in [0.5, 0.6) is 0 Å². The third-order valence-electron chi connectivity index (χ3n) is 6.34. The summed E-state index contributed by atoms with van der Waals surface area (Å²) in [4.78, 5) is 0. The highest BCUT2D eigenvalue weighted by Crippen LogP contribution is 2.33. The van der Waals surface area contributed by atoms with Gasteiger partial charge >= 0.3 is 0 Å². The van der Waals surface area contributed by atoms with Crippen LogP contribution in [-0.2, 0) is 0 Å². The molecule has 3 rings (SSSR count). The van der Waals surface area contributed by atoms with Gasteiger partial charge in [-0.25, -0.2) is 0 Å². The van der Waals surface area contributed by atoms with Gasteiger partial charge in [-0.3, -0.25) is 0 Å². The third kappa shape index (κ3) is 12.0. The van der Waals surface area contributed by atoms with Gasteiger partial charge in [0.15, 0.2) is 0 Å². The van der Waals surface area contributed by atoms with E-state index in [1.165, 1.54) is 116 Å². The molecule has 2 N–H and O–H groups in total. The van der Waals surface area contributed by atoms with Crippen LogP contribution < -0.4 is 0 Å². The maximum Gasteiger partial charge on any atom is 0.0509 e. The lowest BCUT2D eigenvalue weighted by Gasteiger charge is -2.27. The van der Waals surface area contributed by atoms with Gasteiger partial charge in [0.25, 0.3) is 0 Å². The Kier molecular flexibility index (Phi) is 14.8. The largest absolute Gasteiger partial charge is 0.396 e. The first-order valence-electron chi connectivity index (χ1n) is 11.5. The molecule has 0 unspecified atom stereocenters. The molecule has 3 saturated carbocycles. The van der Waals surface area contributed by atoms with Crippen molar-refractivity contribution in [3.63, 3.8) is 0 Å². The molecule has 2 heteroatoms. The summed E-state index contributed by atoms with van der Waals surface area (Å²) in [5, 5.41) is 18.2. The molecule has 25 heavy (non-hydrogen) atoms. The zero-order valence-electron chi connectivity index (χ0n) is 17.0. The van der Waals surface area contributed by atoms with Crippen LogP contribution in [0.1, 0.15) is 128 Å². The molecule has 3 aliphatic rings. The number of hydrogen-bond donors (Lipinski definition) is 2. The summed E-state index contributed by atoms with van der Waals surface area (Å²) in [6.45, 7) is 0.312. The highest BCUT2D eigenvalue weighted by Gasteiger charge is 2.28. The first-order chi connectivity index (χ1) is 12.3. The van der Waals surface area contributed by atoms with E-state index in [4.69, 9.17) is 10.2 Å². The number of aliphatic hydroxyl groups is 2. The van der Waals surface area contributed by atoms with Crippen molar-refractivity contribution in [2.75, 3.05) is 13.2 Å². The van der Waals surface area contributed by atoms with Crippen LogP contribution in [0.25, 0.3) is 0 Å². The van der Waals surface area contributed by atoms with Crippen molar-refractivity contribution in [2.45, 2.75) is 128 Å². The minimum absolute atomic E-state index is 0.142. The third-order valence-corrected chi connectivity index (χ3v) is 6.34. The van der Waals surface area contributed by atoms with Crippen molar-refractivity contribution in [3.05, 3.63) is 0 Å². The fourth-order valence-corrected chi connectivity index (χ4v) is 4.32. The summed E-state index contributed by atoms with van der Waals surface area (Å²) in [6, 6.07) is 0. The molecule has 0 aromatic carbocycles. The lowest BCUT2D eigenvalue weighted by Crippen LogP contribution is -2.28. The topological polar surface area (TPSA) is 40.5 Å². The van der Waals surface area contributed by atoms with E-state index in [-0.39, 0.29) is 18.6 Å². The molecule has 2 nitrogen and oxygen atoms in total. The summed E-state index contributed by atoms with van der Waals surface area (Å²) in [5.41, 5.74) is -0.142. The van der Waals surface area contributed by atoms with Crippen molar-refractivity contribution < 1.29 is 10.2 Å². The quantitative estimate of drug-likeness (QED) is 0.537. The predicted octanol–water partition coefficient (Wildman–Crippen LogP) is 6.77. The van der Waals surface area contributed by atoms with Crippen LogP contribution in [0.2, 0.25) is 0 Å². The van der Waals surface area contributed by atoms with E-state index >= 15 is 0 Å². The first-order valence-corrected chi connectivity index (χ1v) is 11.5. The maximum absolute atomic E-state index is 9.11. The molecule has 0 aliphatic heterocycles. The van der Waals surface area contributed by atoms with Gasteiger partial charge in [0.1, 0.15) is 0 Å². The minimum Gasteiger partial charge on any atom is -0.396 e. The molecular weight excluding hydrogens is 308 g/mol. The Balaban J connectivity index is 0.000000195. The molecule has 0 aromatic heterocycles. The zero-order valence-corrected chi connectivity index (χ0v) is 17.0. The lowest BCUT2D eigenvalue weighted by atomic mass is 9.82. The molecule has 0 atom stereocenters. The van der Waals surface area contributed by atoms with Gasteiger partial charge in [0.2, 0.25) is 0 Å². The predicted molar refractivity (Wildman–Crippen MR) is 109 cm³/mol. The van der Waals surface area contributed by atoms with Crippen LogP contribution in [0.15, 0.2) is 0 Å². The van der Waals surface area contributed by atoms with Crippen LogP contribution in [0.4, 0.5) is 0 Å². The first kappa shape index (κ1) is 23.0. The Morgan fingerprint density at radius 1 is 0.360 bits per heavy atom. The average molecular weight is 355 g/mol. The Hall–Kier alpha value is -0.0800. The molecule has 0 saturated heterocycles. The molecular formula is C23H46O2. The van der Waals surface area contributed by atoms with Crippen molar-refractivity contribution in [3.8, 4) is 0 Å². The highest BCUT2D eigenvalue weighted by molar-refractivity contribution is 4.79. The Bertz CT molecular complexity index is 210. The monoisotopic (exact) mass is 354 g/mol. The van der Waals surface area contributed by atoms with Gasteiger partial charge in [-0.1, -0.05) is 116 Å². The fraction of sp³-hybridized carbons (Fsp3) is 1.00. The molecule has 3 fully saturated rings. The van der Waals surface area contributed by atoms with Gasteiger partial charge in [-0.05, 0) is 12.8 Å². The van der Waals surface area contributed by atoms with E-state index in [0.717, 1.165) is 12.8 Å². The van der Waals surface area contributed by atoms with Gasteiger partial charge in [0, 0.05) is 5.41 Å². The van der Waals surface area contributed by atoms with Gasteiger partial charge in [-0.15, -0.1) is 0 Å². The second-order valence-electron chi connectivity index (χ2n) is 8.68. The summed E-state index contributed by atoms with van der Waals surface area (Å²) in [5.74, 6) is 0. The van der Waals surface area contributed by atoms with Crippen LogP contribution in [0.3, 0.4) is 0 Å². The van der Waals surface area contributed by atoms with E-state index < -0.39 is 0 Å². The van der Waals surface area contributed by atoms with Crippen LogP contribution in [-0.4, -0.2) is 23.4 Å². The number of hydrogen-bond acceptors (Lipinski definition) is 2. The molecule has 0 amide bonds. The lowest BCUT2D eigenvalue weighted by molar-refractivity contribution is 0.0417.